The van der Waals surface area contributed by atoms with Crippen LogP contribution in [0.25, 0.3) is 11.3 Å². The molecule has 2 heterocycles. The summed E-state index contributed by atoms with van der Waals surface area (Å²) in [7, 11) is 0. The van der Waals surface area contributed by atoms with E-state index in [-0.39, 0.29) is 5.56 Å². The normalized spacial score (nSPS) is 10.5. The molecule has 88 valence electrons. The molecule has 0 radical (unpaired) electrons. The molecule has 0 unspecified atom stereocenters. The summed E-state index contributed by atoms with van der Waals surface area (Å²) in [5, 5.41) is 15.7. The molecule has 0 saturated carbocycles. The summed E-state index contributed by atoms with van der Waals surface area (Å²) in [6.07, 6.45) is 4.57. The lowest BCUT2D eigenvalue weighted by Crippen LogP contribution is -2.04. The second-order valence-corrected chi connectivity index (χ2v) is 3.64. The van der Waals surface area contributed by atoms with Crippen LogP contribution in [0.4, 0.5) is 0 Å². The highest BCUT2D eigenvalue weighted by atomic mass is 16.4. The van der Waals surface area contributed by atoms with Gasteiger partial charge in [-0.1, -0.05) is 0 Å². The number of pyridine rings is 1. The third-order valence-corrected chi connectivity index (χ3v) is 2.65. The predicted octanol–water partition coefficient (Wildman–Crippen LogP) is 0.937. The number of carboxylic acids is 1. The Morgan fingerprint density at radius 3 is 2.88 bits per heavy atom. The maximum atomic E-state index is 11.0. The smallest absolute Gasteiger partial charge is 0.337 e. The number of nitrogens with one attached hydrogen (secondary N) is 1. The molecule has 0 saturated heterocycles. The van der Waals surface area contributed by atoms with Gasteiger partial charge in [-0.05, 0) is 12.5 Å². The Morgan fingerprint density at radius 2 is 2.24 bits per heavy atom. The third kappa shape index (κ3) is 1.90. The second-order valence-electron chi connectivity index (χ2n) is 3.64. The van der Waals surface area contributed by atoms with E-state index in [1.165, 1.54) is 6.20 Å². The van der Waals surface area contributed by atoms with Gasteiger partial charge in [0.15, 0.2) is 0 Å². The SMILES string of the molecule is Cc1c(C(=O)O)cncc1-c1[nH]ncc1CN. The van der Waals surface area contributed by atoms with Gasteiger partial charge in [-0.3, -0.25) is 10.1 Å². The molecule has 6 heteroatoms. The van der Waals surface area contributed by atoms with E-state index in [2.05, 4.69) is 15.2 Å². The van der Waals surface area contributed by atoms with Gasteiger partial charge in [0.25, 0.3) is 0 Å². The Balaban J connectivity index is 2.60. The van der Waals surface area contributed by atoms with Crippen molar-refractivity contribution in [3.8, 4) is 11.3 Å². The minimum absolute atomic E-state index is 0.181. The average molecular weight is 232 g/mol. The topological polar surface area (TPSA) is 105 Å². The Labute approximate surface area is 97.5 Å². The van der Waals surface area contributed by atoms with Gasteiger partial charge >= 0.3 is 5.97 Å². The number of nitrogens with two attached hydrogens (primary N) is 1. The van der Waals surface area contributed by atoms with Crippen LogP contribution in [0.2, 0.25) is 0 Å². The molecule has 0 atom stereocenters. The zero-order valence-corrected chi connectivity index (χ0v) is 9.27. The van der Waals surface area contributed by atoms with Crippen LogP contribution in [-0.4, -0.2) is 26.3 Å². The molecule has 0 aromatic carbocycles. The van der Waals surface area contributed by atoms with Crippen molar-refractivity contribution in [2.75, 3.05) is 0 Å². The number of aromatic amines is 1. The Kier molecular flexibility index (Phi) is 2.88. The number of hydrogen-bond donors (Lipinski definition) is 3. The van der Waals surface area contributed by atoms with Crippen molar-refractivity contribution < 1.29 is 9.90 Å². The van der Waals surface area contributed by atoms with E-state index in [9.17, 15) is 4.79 Å². The Morgan fingerprint density at radius 1 is 1.47 bits per heavy atom. The number of H-pyrrole nitrogens is 1. The highest BCUT2D eigenvalue weighted by Crippen LogP contribution is 2.25. The molecular weight excluding hydrogens is 220 g/mol. The van der Waals surface area contributed by atoms with Crippen molar-refractivity contribution in [3.63, 3.8) is 0 Å². The first-order chi connectivity index (χ1) is 8.15. The molecule has 2 aromatic rings. The van der Waals surface area contributed by atoms with Gasteiger partial charge in [-0.25, -0.2) is 4.79 Å². The monoisotopic (exact) mass is 232 g/mol. The highest BCUT2D eigenvalue weighted by molar-refractivity contribution is 5.91. The zero-order chi connectivity index (χ0) is 12.4. The molecule has 2 aromatic heterocycles. The summed E-state index contributed by atoms with van der Waals surface area (Å²) < 4.78 is 0. The fraction of sp³-hybridized carbons (Fsp3) is 0.182. The quantitative estimate of drug-likeness (QED) is 0.730. The van der Waals surface area contributed by atoms with Crippen LogP contribution in [-0.2, 0) is 6.54 Å². The summed E-state index contributed by atoms with van der Waals surface area (Å²) in [6, 6.07) is 0. The molecular formula is C11H12N4O2. The minimum Gasteiger partial charge on any atom is -0.478 e. The summed E-state index contributed by atoms with van der Waals surface area (Å²) in [5.74, 6) is -0.995. The Bertz CT molecular complexity index is 562. The van der Waals surface area contributed by atoms with E-state index in [0.717, 1.165) is 11.3 Å². The summed E-state index contributed by atoms with van der Waals surface area (Å²) in [4.78, 5) is 14.9. The number of carbonyl (C=O) groups is 1. The number of aromatic carboxylic acids is 1. The number of nitrogens with zero attached hydrogens (tertiary/aromatic N) is 2. The zero-order valence-electron chi connectivity index (χ0n) is 9.27. The van der Waals surface area contributed by atoms with Crippen LogP contribution in [0.1, 0.15) is 21.5 Å². The maximum Gasteiger partial charge on any atom is 0.337 e. The molecule has 2 rings (SSSR count). The molecule has 0 amide bonds. The fourth-order valence-corrected chi connectivity index (χ4v) is 1.69. The van der Waals surface area contributed by atoms with E-state index in [1.54, 1.807) is 19.3 Å². The standard InChI is InChI=1S/C11H12N4O2/c1-6-8(4-13-5-9(6)11(16)17)10-7(2-12)3-14-15-10/h3-5H,2,12H2,1H3,(H,14,15)(H,16,17). The molecule has 0 aliphatic carbocycles. The minimum atomic E-state index is -0.995. The molecule has 4 N–H and O–H groups in total. The van der Waals surface area contributed by atoms with Crippen LogP contribution in [0.15, 0.2) is 18.6 Å². The lowest BCUT2D eigenvalue weighted by Gasteiger charge is -2.07. The van der Waals surface area contributed by atoms with Gasteiger partial charge in [0.1, 0.15) is 0 Å². The van der Waals surface area contributed by atoms with E-state index in [1.807, 2.05) is 0 Å². The molecule has 0 spiro atoms. The van der Waals surface area contributed by atoms with Crippen molar-refractivity contribution >= 4 is 5.97 Å². The largest absolute Gasteiger partial charge is 0.478 e. The van der Waals surface area contributed by atoms with Crippen LogP contribution < -0.4 is 5.73 Å². The highest BCUT2D eigenvalue weighted by Gasteiger charge is 2.15. The lowest BCUT2D eigenvalue weighted by molar-refractivity contribution is 0.0695. The summed E-state index contributed by atoms with van der Waals surface area (Å²) in [6.45, 7) is 2.07. The average Bonchev–Trinajstić information content (AvgIpc) is 2.76. The van der Waals surface area contributed by atoms with E-state index in [0.29, 0.717) is 17.7 Å². The van der Waals surface area contributed by atoms with Crippen molar-refractivity contribution in [1.29, 1.82) is 0 Å². The summed E-state index contributed by atoms with van der Waals surface area (Å²) in [5.41, 5.74) is 8.67. The molecule has 6 nitrogen and oxygen atoms in total. The predicted molar refractivity (Wildman–Crippen MR) is 61.4 cm³/mol. The van der Waals surface area contributed by atoms with E-state index >= 15 is 0 Å². The molecule has 17 heavy (non-hydrogen) atoms. The van der Waals surface area contributed by atoms with Crippen molar-refractivity contribution in [3.05, 3.63) is 35.3 Å². The van der Waals surface area contributed by atoms with Crippen LogP contribution in [0.3, 0.4) is 0 Å². The first-order valence-electron chi connectivity index (χ1n) is 5.05. The molecule has 0 aliphatic rings. The molecule has 0 aliphatic heterocycles. The van der Waals surface area contributed by atoms with E-state index < -0.39 is 5.97 Å². The number of carboxylic acid groups (broad SMARTS) is 1. The van der Waals surface area contributed by atoms with Gasteiger partial charge in [-0.2, -0.15) is 5.10 Å². The van der Waals surface area contributed by atoms with Crippen LogP contribution >= 0.6 is 0 Å². The van der Waals surface area contributed by atoms with E-state index in [4.69, 9.17) is 10.8 Å². The van der Waals surface area contributed by atoms with Gasteiger partial charge in [0, 0.05) is 30.1 Å². The first-order valence-corrected chi connectivity index (χ1v) is 5.05. The van der Waals surface area contributed by atoms with Crippen LogP contribution in [0, 0.1) is 6.92 Å². The fourth-order valence-electron chi connectivity index (χ4n) is 1.69. The van der Waals surface area contributed by atoms with Gasteiger partial charge < -0.3 is 10.8 Å². The second kappa shape index (κ2) is 4.34. The van der Waals surface area contributed by atoms with Crippen molar-refractivity contribution in [2.24, 2.45) is 5.73 Å². The third-order valence-electron chi connectivity index (χ3n) is 2.65. The van der Waals surface area contributed by atoms with Gasteiger partial charge in [0.2, 0.25) is 0 Å². The number of hydrogen-bond acceptors (Lipinski definition) is 4. The van der Waals surface area contributed by atoms with Crippen LogP contribution in [0.5, 0.6) is 0 Å². The van der Waals surface area contributed by atoms with Crippen molar-refractivity contribution in [1.82, 2.24) is 15.2 Å². The van der Waals surface area contributed by atoms with Crippen molar-refractivity contribution in [2.45, 2.75) is 13.5 Å². The Hall–Kier alpha value is -2.21. The number of aromatic nitrogens is 3. The first kappa shape index (κ1) is 11.3. The molecule has 0 fully saturated rings. The number of rotatable bonds is 3. The summed E-state index contributed by atoms with van der Waals surface area (Å²) >= 11 is 0. The molecule has 0 bridgehead atoms. The maximum absolute atomic E-state index is 11.0. The lowest BCUT2D eigenvalue weighted by atomic mass is 10.0. The van der Waals surface area contributed by atoms with Gasteiger partial charge in [-0.15, -0.1) is 0 Å². The van der Waals surface area contributed by atoms with Gasteiger partial charge in [0.05, 0.1) is 17.5 Å².